The van der Waals surface area contributed by atoms with E-state index < -0.39 is 17.7 Å². The SMILES string of the molecule is Cn1cc(Br)cc1C(=O)Nc1ccc(C(=O)O)cc1F. The molecule has 0 bridgehead atoms. The molecule has 1 aromatic carbocycles. The summed E-state index contributed by atoms with van der Waals surface area (Å²) in [7, 11) is 1.68. The normalized spacial score (nSPS) is 10.3. The third-order valence-corrected chi connectivity index (χ3v) is 3.10. The number of halogens is 2. The minimum absolute atomic E-state index is 0.0719. The van der Waals surface area contributed by atoms with Crippen molar-refractivity contribution in [2.75, 3.05) is 5.32 Å². The number of hydrogen-bond acceptors (Lipinski definition) is 2. The fourth-order valence-corrected chi connectivity index (χ4v) is 2.21. The van der Waals surface area contributed by atoms with Crippen LogP contribution in [0.4, 0.5) is 10.1 Å². The highest BCUT2D eigenvalue weighted by molar-refractivity contribution is 9.10. The highest BCUT2D eigenvalue weighted by atomic mass is 79.9. The standard InChI is InChI=1S/C13H10BrFN2O3/c1-17-6-8(14)5-11(17)12(18)16-10-3-2-7(13(19)20)4-9(10)15/h2-6H,1H3,(H,16,18)(H,19,20). The van der Waals surface area contributed by atoms with Crippen LogP contribution in [0.5, 0.6) is 0 Å². The van der Waals surface area contributed by atoms with E-state index in [9.17, 15) is 14.0 Å². The van der Waals surface area contributed by atoms with Crippen molar-refractivity contribution in [3.8, 4) is 0 Å². The van der Waals surface area contributed by atoms with Crippen LogP contribution in [0.1, 0.15) is 20.8 Å². The summed E-state index contributed by atoms with van der Waals surface area (Å²) >= 11 is 3.24. The molecule has 2 rings (SSSR count). The number of carboxylic acids is 1. The van der Waals surface area contributed by atoms with Gasteiger partial charge in [0.1, 0.15) is 11.5 Å². The number of nitrogens with zero attached hydrogens (tertiary/aromatic N) is 1. The van der Waals surface area contributed by atoms with Gasteiger partial charge in [0.25, 0.3) is 5.91 Å². The third kappa shape index (κ3) is 2.88. The summed E-state index contributed by atoms with van der Waals surface area (Å²) in [6.45, 7) is 0. The summed E-state index contributed by atoms with van der Waals surface area (Å²) in [5.74, 6) is -2.51. The zero-order chi connectivity index (χ0) is 14.9. The Balaban J connectivity index is 2.24. The molecular weight excluding hydrogens is 331 g/mol. The quantitative estimate of drug-likeness (QED) is 0.902. The van der Waals surface area contributed by atoms with Crippen LogP contribution in [0.3, 0.4) is 0 Å². The van der Waals surface area contributed by atoms with Crippen LogP contribution >= 0.6 is 15.9 Å². The van der Waals surface area contributed by atoms with E-state index in [-0.39, 0.29) is 11.3 Å². The molecule has 1 aromatic heterocycles. The van der Waals surface area contributed by atoms with Crippen LogP contribution < -0.4 is 5.32 Å². The van der Waals surface area contributed by atoms with E-state index in [0.29, 0.717) is 5.69 Å². The molecule has 0 unspecified atom stereocenters. The monoisotopic (exact) mass is 340 g/mol. The van der Waals surface area contributed by atoms with E-state index in [2.05, 4.69) is 21.2 Å². The summed E-state index contributed by atoms with van der Waals surface area (Å²) in [6.07, 6.45) is 1.69. The van der Waals surface area contributed by atoms with Crippen LogP contribution in [0, 0.1) is 5.82 Å². The Morgan fingerprint density at radius 2 is 2.05 bits per heavy atom. The highest BCUT2D eigenvalue weighted by Crippen LogP contribution is 2.19. The van der Waals surface area contributed by atoms with Crippen molar-refractivity contribution >= 4 is 33.5 Å². The van der Waals surface area contributed by atoms with E-state index >= 15 is 0 Å². The summed E-state index contributed by atoms with van der Waals surface area (Å²) in [4.78, 5) is 22.7. The molecule has 1 amide bonds. The fourth-order valence-electron chi connectivity index (χ4n) is 1.69. The Morgan fingerprint density at radius 3 is 2.55 bits per heavy atom. The largest absolute Gasteiger partial charge is 0.478 e. The van der Waals surface area contributed by atoms with Crippen LogP contribution in [-0.4, -0.2) is 21.6 Å². The first-order valence-corrected chi connectivity index (χ1v) is 6.34. The van der Waals surface area contributed by atoms with Gasteiger partial charge >= 0.3 is 5.97 Å². The molecule has 0 radical (unpaired) electrons. The number of carbonyl (C=O) groups is 2. The van der Waals surface area contributed by atoms with Gasteiger partial charge in [0, 0.05) is 17.7 Å². The van der Waals surface area contributed by atoms with Crippen LogP contribution in [0.15, 0.2) is 34.9 Å². The lowest BCUT2D eigenvalue weighted by Gasteiger charge is -2.07. The molecule has 104 valence electrons. The van der Waals surface area contributed by atoms with Gasteiger partial charge < -0.3 is 15.0 Å². The molecule has 0 saturated carbocycles. The topological polar surface area (TPSA) is 71.3 Å². The molecule has 0 spiro atoms. The van der Waals surface area contributed by atoms with Crippen molar-refractivity contribution in [2.24, 2.45) is 7.05 Å². The van der Waals surface area contributed by atoms with E-state index in [1.165, 1.54) is 12.1 Å². The van der Waals surface area contributed by atoms with Gasteiger partial charge in [-0.3, -0.25) is 4.79 Å². The van der Waals surface area contributed by atoms with Crippen LogP contribution in [0.25, 0.3) is 0 Å². The predicted octanol–water partition coefficient (Wildman–Crippen LogP) is 2.88. The molecule has 0 aliphatic carbocycles. The molecule has 20 heavy (non-hydrogen) atoms. The first-order valence-electron chi connectivity index (χ1n) is 5.54. The number of amides is 1. The fraction of sp³-hybridized carbons (Fsp3) is 0.0769. The zero-order valence-electron chi connectivity index (χ0n) is 10.4. The predicted molar refractivity (Wildman–Crippen MR) is 74.4 cm³/mol. The van der Waals surface area contributed by atoms with Gasteiger partial charge in [-0.05, 0) is 40.2 Å². The Morgan fingerprint density at radius 1 is 1.35 bits per heavy atom. The minimum Gasteiger partial charge on any atom is -0.478 e. The Bertz CT molecular complexity index is 697. The van der Waals surface area contributed by atoms with Gasteiger partial charge in [0.15, 0.2) is 0 Å². The first kappa shape index (κ1) is 14.3. The van der Waals surface area contributed by atoms with Crippen molar-refractivity contribution < 1.29 is 19.1 Å². The van der Waals surface area contributed by atoms with Crippen molar-refractivity contribution in [1.82, 2.24) is 4.57 Å². The van der Waals surface area contributed by atoms with E-state index in [1.807, 2.05) is 0 Å². The molecule has 0 aliphatic heterocycles. The third-order valence-electron chi connectivity index (χ3n) is 2.67. The molecule has 2 aromatic rings. The maximum Gasteiger partial charge on any atom is 0.335 e. The number of benzene rings is 1. The maximum absolute atomic E-state index is 13.7. The van der Waals surface area contributed by atoms with Gasteiger partial charge in [-0.1, -0.05) is 0 Å². The number of aryl methyl sites for hydroxylation is 1. The lowest BCUT2D eigenvalue weighted by molar-refractivity contribution is 0.0696. The second-order valence-corrected chi connectivity index (χ2v) is 5.02. The molecule has 0 aliphatic rings. The van der Waals surface area contributed by atoms with Gasteiger partial charge in [-0.15, -0.1) is 0 Å². The van der Waals surface area contributed by atoms with Crippen molar-refractivity contribution in [3.63, 3.8) is 0 Å². The molecule has 1 heterocycles. The number of nitrogens with one attached hydrogen (secondary N) is 1. The van der Waals surface area contributed by atoms with Crippen molar-refractivity contribution in [3.05, 3.63) is 52.0 Å². The molecule has 0 saturated heterocycles. The summed E-state index contributed by atoms with van der Waals surface area (Å²) < 4.78 is 16.0. The molecule has 0 atom stereocenters. The Hall–Kier alpha value is -2.15. The smallest absolute Gasteiger partial charge is 0.335 e. The van der Waals surface area contributed by atoms with E-state index in [1.54, 1.807) is 23.9 Å². The second kappa shape index (κ2) is 5.46. The average molecular weight is 341 g/mol. The number of anilines is 1. The lowest BCUT2D eigenvalue weighted by Crippen LogP contribution is -2.16. The average Bonchev–Trinajstić information content (AvgIpc) is 2.70. The number of aromatic carboxylic acids is 1. The number of rotatable bonds is 3. The number of carboxylic acid groups (broad SMARTS) is 1. The van der Waals surface area contributed by atoms with Gasteiger partial charge in [-0.25, -0.2) is 9.18 Å². The first-order chi connectivity index (χ1) is 9.38. The summed E-state index contributed by atoms with van der Waals surface area (Å²) in [6, 6.07) is 4.90. The van der Waals surface area contributed by atoms with Crippen LogP contribution in [-0.2, 0) is 7.05 Å². The zero-order valence-corrected chi connectivity index (χ0v) is 11.9. The molecule has 7 heteroatoms. The van der Waals surface area contributed by atoms with E-state index in [4.69, 9.17) is 5.11 Å². The Kier molecular flexibility index (Phi) is 3.89. The van der Waals surface area contributed by atoms with Gasteiger partial charge in [0.2, 0.25) is 0 Å². The summed E-state index contributed by atoms with van der Waals surface area (Å²) in [5.41, 5.74) is 0.0954. The number of carbonyl (C=O) groups excluding carboxylic acids is 1. The summed E-state index contributed by atoms with van der Waals surface area (Å²) in [5, 5.41) is 11.1. The number of hydrogen-bond donors (Lipinski definition) is 2. The number of aromatic nitrogens is 1. The van der Waals surface area contributed by atoms with Crippen LogP contribution in [0.2, 0.25) is 0 Å². The molecular formula is C13H10BrFN2O3. The minimum atomic E-state index is -1.23. The molecule has 5 nitrogen and oxygen atoms in total. The van der Waals surface area contributed by atoms with E-state index in [0.717, 1.165) is 10.5 Å². The Labute approximate surface area is 122 Å². The van der Waals surface area contributed by atoms with Crippen molar-refractivity contribution in [2.45, 2.75) is 0 Å². The highest BCUT2D eigenvalue weighted by Gasteiger charge is 2.14. The molecule has 2 N–H and O–H groups in total. The van der Waals surface area contributed by atoms with Crippen molar-refractivity contribution in [1.29, 1.82) is 0 Å². The second-order valence-electron chi connectivity index (χ2n) is 4.11. The maximum atomic E-state index is 13.7. The van der Waals surface area contributed by atoms with Gasteiger partial charge in [-0.2, -0.15) is 0 Å². The van der Waals surface area contributed by atoms with Gasteiger partial charge in [0.05, 0.1) is 11.3 Å². The lowest BCUT2D eigenvalue weighted by atomic mass is 10.2. The molecule has 0 fully saturated rings.